The number of carboxylic acid groups (broad SMARTS) is 1. The van der Waals surface area contributed by atoms with Gasteiger partial charge in [-0.05, 0) is 18.9 Å². The van der Waals surface area contributed by atoms with Crippen LogP contribution < -0.4 is 11.1 Å². The van der Waals surface area contributed by atoms with Crippen LogP contribution in [-0.4, -0.2) is 34.6 Å². The fourth-order valence-electron chi connectivity index (χ4n) is 1.58. The normalized spacial score (nSPS) is 12.4. The first kappa shape index (κ1) is 15.6. The smallest absolute Gasteiger partial charge is 0.326 e. The number of hydrogen-bond acceptors (Lipinski definition) is 5. The van der Waals surface area contributed by atoms with Crippen molar-refractivity contribution in [2.75, 3.05) is 6.54 Å². The first-order valence-electron chi connectivity index (χ1n) is 6.12. The SMILES string of the molecule is CC(C)C[C@H](NC(=O)c1csc(CCN)n1)C(=O)O. The molecule has 0 fully saturated rings. The topological polar surface area (TPSA) is 105 Å². The van der Waals surface area contributed by atoms with E-state index in [-0.39, 0.29) is 11.6 Å². The molecule has 0 unspecified atom stereocenters. The minimum Gasteiger partial charge on any atom is -0.480 e. The number of aliphatic carboxylic acids is 1. The van der Waals surface area contributed by atoms with Gasteiger partial charge in [0, 0.05) is 11.8 Å². The lowest BCUT2D eigenvalue weighted by atomic mass is 10.0. The molecule has 0 spiro atoms. The van der Waals surface area contributed by atoms with Crippen LogP contribution in [-0.2, 0) is 11.2 Å². The van der Waals surface area contributed by atoms with Gasteiger partial charge in [-0.3, -0.25) is 4.79 Å². The lowest BCUT2D eigenvalue weighted by Gasteiger charge is -2.15. The summed E-state index contributed by atoms with van der Waals surface area (Å²) in [4.78, 5) is 27.1. The van der Waals surface area contributed by atoms with E-state index in [0.717, 1.165) is 5.01 Å². The van der Waals surface area contributed by atoms with Crippen LogP contribution >= 0.6 is 11.3 Å². The highest BCUT2D eigenvalue weighted by molar-refractivity contribution is 7.09. The monoisotopic (exact) mass is 285 g/mol. The molecule has 1 aromatic rings. The Morgan fingerprint density at radius 3 is 2.74 bits per heavy atom. The maximum absolute atomic E-state index is 11.9. The van der Waals surface area contributed by atoms with Crippen LogP contribution in [0.15, 0.2) is 5.38 Å². The molecule has 7 heteroatoms. The van der Waals surface area contributed by atoms with Gasteiger partial charge in [0.15, 0.2) is 0 Å². The van der Waals surface area contributed by atoms with E-state index in [0.29, 0.717) is 19.4 Å². The molecule has 0 aromatic carbocycles. The van der Waals surface area contributed by atoms with Crippen molar-refractivity contribution >= 4 is 23.2 Å². The van der Waals surface area contributed by atoms with Crippen LogP contribution in [0.4, 0.5) is 0 Å². The Balaban J connectivity index is 2.67. The number of hydrogen-bond donors (Lipinski definition) is 3. The van der Waals surface area contributed by atoms with Crippen LogP contribution in [0.3, 0.4) is 0 Å². The van der Waals surface area contributed by atoms with Gasteiger partial charge in [0.05, 0.1) is 5.01 Å². The van der Waals surface area contributed by atoms with Gasteiger partial charge < -0.3 is 16.2 Å². The molecule has 0 bridgehead atoms. The molecule has 0 aliphatic heterocycles. The highest BCUT2D eigenvalue weighted by Gasteiger charge is 2.22. The molecule has 0 saturated heterocycles. The molecule has 1 heterocycles. The lowest BCUT2D eigenvalue weighted by Crippen LogP contribution is -2.41. The number of rotatable bonds is 7. The Bertz CT molecular complexity index is 445. The average molecular weight is 285 g/mol. The molecular formula is C12H19N3O3S. The molecule has 1 rings (SSSR count). The quantitative estimate of drug-likeness (QED) is 0.689. The third-order valence-corrected chi connectivity index (χ3v) is 3.36. The molecule has 4 N–H and O–H groups in total. The standard InChI is InChI=1S/C12H19N3O3S/c1-7(2)5-8(12(17)18)15-11(16)9-6-19-10(14-9)3-4-13/h6-8H,3-5,13H2,1-2H3,(H,15,16)(H,17,18)/t8-/m0/s1. The first-order chi connectivity index (χ1) is 8.93. The molecular weight excluding hydrogens is 266 g/mol. The van der Waals surface area contributed by atoms with Crippen molar-refractivity contribution in [2.45, 2.75) is 32.7 Å². The Hall–Kier alpha value is -1.47. The third kappa shape index (κ3) is 4.96. The van der Waals surface area contributed by atoms with Gasteiger partial charge in [-0.15, -0.1) is 11.3 Å². The summed E-state index contributed by atoms with van der Waals surface area (Å²) < 4.78 is 0. The Kier molecular flexibility index (Phi) is 5.91. The Morgan fingerprint density at radius 1 is 1.53 bits per heavy atom. The minimum atomic E-state index is -1.03. The van der Waals surface area contributed by atoms with Gasteiger partial charge in [0.2, 0.25) is 0 Å². The largest absolute Gasteiger partial charge is 0.480 e. The highest BCUT2D eigenvalue weighted by atomic mass is 32.1. The summed E-state index contributed by atoms with van der Waals surface area (Å²) >= 11 is 1.35. The van der Waals surface area contributed by atoms with Gasteiger partial charge in [0.1, 0.15) is 11.7 Å². The second kappa shape index (κ2) is 7.20. The number of carboxylic acids is 1. The number of nitrogens with one attached hydrogen (secondary N) is 1. The zero-order valence-electron chi connectivity index (χ0n) is 11.0. The molecule has 0 aliphatic rings. The molecule has 1 atom stereocenters. The minimum absolute atomic E-state index is 0.185. The van der Waals surface area contributed by atoms with Crippen LogP contribution in [0, 0.1) is 5.92 Å². The van der Waals surface area contributed by atoms with Crippen molar-refractivity contribution in [1.82, 2.24) is 10.3 Å². The third-order valence-electron chi connectivity index (χ3n) is 2.45. The molecule has 0 radical (unpaired) electrons. The van der Waals surface area contributed by atoms with E-state index in [1.807, 2.05) is 13.8 Å². The molecule has 0 aliphatic carbocycles. The summed E-state index contributed by atoms with van der Waals surface area (Å²) in [6.45, 7) is 4.29. The predicted octanol–water partition coefficient (Wildman–Crippen LogP) is 0.873. The van der Waals surface area contributed by atoms with Gasteiger partial charge in [0.25, 0.3) is 5.91 Å². The van der Waals surface area contributed by atoms with Crippen LogP contribution in [0.25, 0.3) is 0 Å². The van der Waals surface area contributed by atoms with E-state index in [9.17, 15) is 9.59 Å². The van der Waals surface area contributed by atoms with Gasteiger partial charge >= 0.3 is 5.97 Å². The average Bonchev–Trinajstić information content (AvgIpc) is 2.76. The number of carbonyl (C=O) groups excluding carboxylic acids is 1. The number of carbonyl (C=O) groups is 2. The first-order valence-corrected chi connectivity index (χ1v) is 7.00. The second-order valence-corrected chi connectivity index (χ2v) is 5.60. The maximum Gasteiger partial charge on any atom is 0.326 e. The van der Waals surface area contributed by atoms with E-state index in [2.05, 4.69) is 10.3 Å². The zero-order valence-corrected chi connectivity index (χ0v) is 11.9. The number of thiazole rings is 1. The summed E-state index contributed by atoms with van der Waals surface area (Å²) in [5, 5.41) is 14.0. The van der Waals surface area contributed by atoms with Crippen molar-refractivity contribution in [3.8, 4) is 0 Å². The van der Waals surface area contributed by atoms with E-state index in [1.54, 1.807) is 5.38 Å². The lowest BCUT2D eigenvalue weighted by molar-refractivity contribution is -0.139. The van der Waals surface area contributed by atoms with E-state index >= 15 is 0 Å². The highest BCUT2D eigenvalue weighted by Crippen LogP contribution is 2.11. The fraction of sp³-hybridized carbons (Fsp3) is 0.583. The summed E-state index contributed by atoms with van der Waals surface area (Å²) in [6.07, 6.45) is 1.01. The van der Waals surface area contributed by atoms with Crippen LogP contribution in [0.1, 0.15) is 35.8 Å². The number of amides is 1. The zero-order chi connectivity index (χ0) is 14.4. The van der Waals surface area contributed by atoms with E-state index in [4.69, 9.17) is 10.8 Å². The summed E-state index contributed by atoms with van der Waals surface area (Å²) in [7, 11) is 0. The Labute approximate surface area is 116 Å². The second-order valence-electron chi connectivity index (χ2n) is 4.66. The van der Waals surface area contributed by atoms with Crippen molar-refractivity contribution in [1.29, 1.82) is 0 Å². The van der Waals surface area contributed by atoms with Crippen molar-refractivity contribution in [3.05, 3.63) is 16.1 Å². The van der Waals surface area contributed by atoms with Crippen LogP contribution in [0.5, 0.6) is 0 Å². The van der Waals surface area contributed by atoms with E-state index < -0.39 is 17.9 Å². The number of nitrogens with zero attached hydrogens (tertiary/aromatic N) is 1. The van der Waals surface area contributed by atoms with Gasteiger partial charge in [-0.2, -0.15) is 0 Å². The molecule has 0 saturated carbocycles. The Morgan fingerprint density at radius 2 is 2.21 bits per heavy atom. The predicted molar refractivity (Wildman–Crippen MR) is 73.2 cm³/mol. The number of aromatic nitrogens is 1. The number of nitrogens with two attached hydrogens (primary N) is 1. The van der Waals surface area contributed by atoms with Crippen molar-refractivity contribution in [2.24, 2.45) is 11.7 Å². The molecule has 1 amide bonds. The fourth-order valence-corrected chi connectivity index (χ4v) is 2.37. The van der Waals surface area contributed by atoms with Gasteiger partial charge in [-0.25, -0.2) is 9.78 Å². The van der Waals surface area contributed by atoms with Crippen molar-refractivity contribution in [3.63, 3.8) is 0 Å². The molecule has 1 aromatic heterocycles. The van der Waals surface area contributed by atoms with Crippen LogP contribution in [0.2, 0.25) is 0 Å². The molecule has 106 valence electrons. The molecule has 19 heavy (non-hydrogen) atoms. The summed E-state index contributed by atoms with van der Waals surface area (Å²) in [5.41, 5.74) is 5.66. The van der Waals surface area contributed by atoms with E-state index in [1.165, 1.54) is 11.3 Å². The van der Waals surface area contributed by atoms with Crippen molar-refractivity contribution < 1.29 is 14.7 Å². The summed E-state index contributed by atoms with van der Waals surface area (Å²) in [5.74, 6) is -1.29. The summed E-state index contributed by atoms with van der Waals surface area (Å²) in [6, 6.07) is -0.882. The maximum atomic E-state index is 11.9. The molecule has 6 nitrogen and oxygen atoms in total. The van der Waals surface area contributed by atoms with Gasteiger partial charge in [-0.1, -0.05) is 13.8 Å².